The first-order valence-electron chi connectivity index (χ1n) is 4.74. The molecule has 0 unspecified atom stereocenters. The first-order chi connectivity index (χ1) is 6.34. The fourth-order valence-electron chi connectivity index (χ4n) is 1.69. The zero-order valence-electron chi connectivity index (χ0n) is 7.65. The summed E-state index contributed by atoms with van der Waals surface area (Å²) in [6.45, 7) is 0.530. The van der Waals surface area contributed by atoms with Crippen LogP contribution in [0.2, 0.25) is 0 Å². The third-order valence-electron chi connectivity index (χ3n) is 2.40. The van der Waals surface area contributed by atoms with Crippen LogP contribution >= 0.6 is 0 Å². The lowest BCUT2D eigenvalue weighted by molar-refractivity contribution is 0.00550. The van der Waals surface area contributed by atoms with Gasteiger partial charge in [0.05, 0.1) is 24.2 Å². The fourth-order valence-corrected chi connectivity index (χ4v) is 1.69. The predicted molar refractivity (Wildman–Crippen MR) is 50.0 cm³/mol. The number of nitrogens with two attached hydrogens (primary N) is 1. The zero-order chi connectivity index (χ0) is 9.10. The van der Waals surface area contributed by atoms with Crippen LogP contribution in [0.1, 0.15) is 25.7 Å². The lowest BCUT2D eigenvalue weighted by Crippen LogP contribution is -2.11. The van der Waals surface area contributed by atoms with Gasteiger partial charge in [0.1, 0.15) is 6.73 Å². The van der Waals surface area contributed by atoms with Crippen LogP contribution in [0.4, 0.5) is 5.69 Å². The molecule has 13 heavy (non-hydrogen) atoms. The second kappa shape index (κ2) is 3.79. The first-order valence-corrected chi connectivity index (χ1v) is 4.74. The number of nitrogens with zero attached hydrogens (tertiary/aromatic N) is 2. The van der Waals surface area contributed by atoms with Crippen molar-refractivity contribution in [3.05, 3.63) is 12.4 Å². The first kappa shape index (κ1) is 8.56. The van der Waals surface area contributed by atoms with Gasteiger partial charge in [-0.25, -0.2) is 4.68 Å². The Balaban J connectivity index is 1.78. The van der Waals surface area contributed by atoms with Gasteiger partial charge in [0.25, 0.3) is 0 Å². The molecular weight excluding hydrogens is 166 g/mol. The summed E-state index contributed by atoms with van der Waals surface area (Å²) in [6.07, 6.45) is 8.84. The van der Waals surface area contributed by atoms with Gasteiger partial charge in [0.2, 0.25) is 0 Å². The van der Waals surface area contributed by atoms with E-state index in [1.54, 1.807) is 17.1 Å². The van der Waals surface area contributed by atoms with E-state index < -0.39 is 0 Å². The van der Waals surface area contributed by atoms with Crippen LogP contribution in [-0.4, -0.2) is 15.9 Å². The molecule has 0 bridgehead atoms. The average molecular weight is 181 g/mol. The highest BCUT2D eigenvalue weighted by molar-refractivity contribution is 5.30. The highest BCUT2D eigenvalue weighted by Gasteiger charge is 2.15. The number of hydrogen-bond acceptors (Lipinski definition) is 3. The molecule has 1 aromatic heterocycles. The Morgan fingerprint density at radius 3 is 2.92 bits per heavy atom. The van der Waals surface area contributed by atoms with Gasteiger partial charge in [-0.2, -0.15) is 5.10 Å². The van der Waals surface area contributed by atoms with Gasteiger partial charge >= 0.3 is 0 Å². The Hall–Kier alpha value is -1.03. The minimum atomic E-state index is 0.436. The Morgan fingerprint density at radius 2 is 2.31 bits per heavy atom. The summed E-state index contributed by atoms with van der Waals surface area (Å²) in [6, 6.07) is 0. The second-order valence-electron chi connectivity index (χ2n) is 3.52. The molecule has 1 aliphatic carbocycles. The molecule has 0 radical (unpaired) electrons. The molecule has 0 aromatic carbocycles. The van der Waals surface area contributed by atoms with Gasteiger partial charge in [-0.3, -0.25) is 0 Å². The zero-order valence-corrected chi connectivity index (χ0v) is 7.65. The number of hydrogen-bond donors (Lipinski definition) is 1. The molecule has 0 atom stereocenters. The minimum Gasteiger partial charge on any atom is -0.396 e. The molecule has 1 aliphatic rings. The summed E-state index contributed by atoms with van der Waals surface area (Å²) < 4.78 is 7.38. The lowest BCUT2D eigenvalue weighted by Gasteiger charge is -2.10. The molecule has 4 heteroatoms. The molecule has 4 nitrogen and oxygen atoms in total. The van der Waals surface area contributed by atoms with Crippen molar-refractivity contribution < 1.29 is 4.74 Å². The Kier molecular flexibility index (Phi) is 2.49. The molecule has 2 rings (SSSR count). The van der Waals surface area contributed by atoms with Gasteiger partial charge in [0.15, 0.2) is 0 Å². The quantitative estimate of drug-likeness (QED) is 0.766. The Morgan fingerprint density at radius 1 is 1.54 bits per heavy atom. The molecule has 0 saturated heterocycles. The molecule has 0 spiro atoms. The van der Waals surface area contributed by atoms with Crippen molar-refractivity contribution in [1.29, 1.82) is 0 Å². The van der Waals surface area contributed by atoms with E-state index in [2.05, 4.69) is 5.10 Å². The van der Waals surface area contributed by atoms with Crippen molar-refractivity contribution >= 4 is 5.69 Å². The summed E-state index contributed by atoms with van der Waals surface area (Å²) in [4.78, 5) is 0. The molecule has 1 heterocycles. The van der Waals surface area contributed by atoms with Crippen molar-refractivity contribution in [3.63, 3.8) is 0 Å². The average Bonchev–Trinajstić information content (AvgIpc) is 2.71. The third-order valence-corrected chi connectivity index (χ3v) is 2.40. The van der Waals surface area contributed by atoms with Crippen LogP contribution in [0.25, 0.3) is 0 Å². The molecule has 0 aliphatic heterocycles. The predicted octanol–water partition coefficient (Wildman–Crippen LogP) is 1.38. The van der Waals surface area contributed by atoms with E-state index in [9.17, 15) is 0 Å². The topological polar surface area (TPSA) is 53.1 Å². The molecule has 1 aromatic rings. The standard InChI is InChI=1S/C9H15N3O/c10-8-5-11-12(6-8)7-13-9-3-1-2-4-9/h5-6,9H,1-4,7,10H2. The molecular formula is C9H15N3O. The minimum absolute atomic E-state index is 0.436. The van der Waals surface area contributed by atoms with E-state index in [0.29, 0.717) is 18.5 Å². The highest BCUT2D eigenvalue weighted by atomic mass is 16.5. The molecule has 1 fully saturated rings. The number of anilines is 1. The van der Waals surface area contributed by atoms with Crippen molar-refractivity contribution in [1.82, 2.24) is 9.78 Å². The summed E-state index contributed by atoms with van der Waals surface area (Å²) in [5, 5.41) is 4.04. The van der Waals surface area contributed by atoms with E-state index >= 15 is 0 Å². The Bertz CT molecular complexity index is 266. The van der Waals surface area contributed by atoms with Crippen LogP contribution in [-0.2, 0) is 11.5 Å². The molecule has 72 valence electrons. The van der Waals surface area contributed by atoms with Crippen LogP contribution in [0.15, 0.2) is 12.4 Å². The van der Waals surface area contributed by atoms with Crippen molar-refractivity contribution in [2.75, 3.05) is 5.73 Å². The van der Waals surface area contributed by atoms with Gasteiger partial charge in [-0.05, 0) is 12.8 Å². The largest absolute Gasteiger partial charge is 0.396 e. The van der Waals surface area contributed by atoms with E-state index in [0.717, 1.165) is 0 Å². The van der Waals surface area contributed by atoms with Crippen LogP contribution in [0, 0.1) is 0 Å². The van der Waals surface area contributed by atoms with Gasteiger partial charge in [-0.15, -0.1) is 0 Å². The van der Waals surface area contributed by atoms with E-state index in [1.165, 1.54) is 25.7 Å². The molecule has 0 amide bonds. The molecule has 2 N–H and O–H groups in total. The van der Waals surface area contributed by atoms with E-state index in [-0.39, 0.29) is 0 Å². The molecule has 1 saturated carbocycles. The monoisotopic (exact) mass is 181 g/mol. The van der Waals surface area contributed by atoms with E-state index in [1.807, 2.05) is 0 Å². The summed E-state index contributed by atoms with van der Waals surface area (Å²) in [5.41, 5.74) is 6.21. The Labute approximate surface area is 77.7 Å². The van der Waals surface area contributed by atoms with Crippen molar-refractivity contribution in [2.24, 2.45) is 0 Å². The van der Waals surface area contributed by atoms with Crippen LogP contribution < -0.4 is 5.73 Å². The number of aromatic nitrogens is 2. The van der Waals surface area contributed by atoms with Crippen LogP contribution in [0.5, 0.6) is 0 Å². The van der Waals surface area contributed by atoms with Crippen molar-refractivity contribution in [2.45, 2.75) is 38.5 Å². The fraction of sp³-hybridized carbons (Fsp3) is 0.667. The van der Waals surface area contributed by atoms with Gasteiger partial charge in [-0.1, -0.05) is 12.8 Å². The van der Waals surface area contributed by atoms with Crippen molar-refractivity contribution in [3.8, 4) is 0 Å². The second-order valence-corrected chi connectivity index (χ2v) is 3.52. The summed E-state index contributed by atoms with van der Waals surface area (Å²) in [5.74, 6) is 0. The smallest absolute Gasteiger partial charge is 0.139 e. The van der Waals surface area contributed by atoms with Gasteiger partial charge in [0, 0.05) is 0 Å². The summed E-state index contributed by atoms with van der Waals surface area (Å²) >= 11 is 0. The third kappa shape index (κ3) is 2.21. The number of ether oxygens (including phenoxy) is 1. The number of nitrogen functional groups attached to an aromatic ring is 1. The maximum absolute atomic E-state index is 5.65. The SMILES string of the molecule is Nc1cnn(COC2CCCC2)c1. The highest BCUT2D eigenvalue weighted by Crippen LogP contribution is 2.21. The van der Waals surface area contributed by atoms with Gasteiger partial charge < -0.3 is 10.5 Å². The van der Waals surface area contributed by atoms with Crippen LogP contribution in [0.3, 0.4) is 0 Å². The normalized spacial score (nSPS) is 18.2. The van der Waals surface area contributed by atoms with E-state index in [4.69, 9.17) is 10.5 Å². The maximum Gasteiger partial charge on any atom is 0.139 e. The summed E-state index contributed by atoms with van der Waals surface area (Å²) in [7, 11) is 0. The lowest BCUT2D eigenvalue weighted by atomic mass is 10.3. The number of rotatable bonds is 3. The maximum atomic E-state index is 5.65.